The van der Waals surface area contributed by atoms with Gasteiger partial charge in [-0.15, -0.1) is 11.3 Å². The van der Waals surface area contributed by atoms with E-state index in [1.807, 2.05) is 0 Å². The summed E-state index contributed by atoms with van der Waals surface area (Å²) in [5.74, 6) is -1.82. The molecule has 0 saturated carbocycles. The van der Waals surface area contributed by atoms with E-state index in [9.17, 15) is 34.6 Å². The van der Waals surface area contributed by atoms with E-state index in [2.05, 4.69) is 0 Å². The Bertz CT molecular complexity index is 1770. The van der Waals surface area contributed by atoms with Gasteiger partial charge < -0.3 is 15.2 Å². The molecule has 0 fully saturated rings. The standard InChI is InChI=1S/C26H22N4O9S/c1-3-38-25(32)19-21(27)20(26(33)39-4-2)24-28(22(19)15-8-6-10-17(13-15)30(36)37)23(31)18(40-24)12-14-7-5-9-16(11-14)29(34)35/h5-13,22H,3-4,27H2,1-2H3. The van der Waals surface area contributed by atoms with Gasteiger partial charge >= 0.3 is 11.9 Å². The fourth-order valence-corrected chi connectivity index (χ4v) is 5.44. The minimum Gasteiger partial charge on any atom is -0.463 e. The molecule has 0 spiro atoms. The molecular formula is C26H22N4O9S. The smallest absolute Gasteiger partial charge is 0.343 e. The van der Waals surface area contributed by atoms with Gasteiger partial charge in [-0.05, 0) is 31.1 Å². The number of non-ortho nitro benzene ring substituents is 2. The molecule has 206 valence electrons. The molecule has 0 radical (unpaired) electrons. The normalized spacial score (nSPS) is 15.0. The number of ether oxygens (including phenoxy) is 2. The number of nitrogens with two attached hydrogens (primary N) is 1. The Balaban J connectivity index is 2.12. The van der Waals surface area contributed by atoms with E-state index < -0.39 is 33.4 Å². The van der Waals surface area contributed by atoms with E-state index in [-0.39, 0.29) is 56.2 Å². The maximum atomic E-state index is 13.9. The third-order valence-electron chi connectivity index (χ3n) is 5.91. The molecular weight excluding hydrogens is 544 g/mol. The monoisotopic (exact) mass is 566 g/mol. The zero-order valence-electron chi connectivity index (χ0n) is 21.2. The van der Waals surface area contributed by atoms with Crippen LogP contribution >= 0.6 is 11.3 Å². The predicted molar refractivity (Wildman–Crippen MR) is 144 cm³/mol. The van der Waals surface area contributed by atoms with Crippen molar-refractivity contribution in [2.75, 3.05) is 13.2 Å². The summed E-state index contributed by atoms with van der Waals surface area (Å²) in [5.41, 5.74) is 4.95. The summed E-state index contributed by atoms with van der Waals surface area (Å²) in [7, 11) is 0. The Morgan fingerprint density at radius 3 is 2.23 bits per heavy atom. The van der Waals surface area contributed by atoms with Gasteiger partial charge in [-0.25, -0.2) is 9.59 Å². The second-order valence-corrected chi connectivity index (χ2v) is 9.37. The first-order chi connectivity index (χ1) is 19.1. The number of carbonyl (C=O) groups is 2. The van der Waals surface area contributed by atoms with Crippen molar-refractivity contribution in [3.05, 3.63) is 111 Å². The fourth-order valence-electron chi connectivity index (χ4n) is 4.27. The number of hydrogen-bond donors (Lipinski definition) is 1. The summed E-state index contributed by atoms with van der Waals surface area (Å²) in [4.78, 5) is 61.7. The van der Waals surface area contributed by atoms with Gasteiger partial charge in [0.05, 0.1) is 44.9 Å². The molecule has 2 aromatic carbocycles. The van der Waals surface area contributed by atoms with Gasteiger partial charge in [-0.1, -0.05) is 24.3 Å². The van der Waals surface area contributed by atoms with Crippen molar-refractivity contribution in [3.63, 3.8) is 0 Å². The molecule has 1 aliphatic heterocycles. The molecule has 2 N–H and O–H groups in total. The zero-order chi connectivity index (χ0) is 29.1. The lowest BCUT2D eigenvalue weighted by Crippen LogP contribution is -2.43. The molecule has 1 aliphatic rings. The largest absolute Gasteiger partial charge is 0.463 e. The van der Waals surface area contributed by atoms with Crippen molar-refractivity contribution >= 4 is 46.3 Å². The number of nitro groups is 2. The quantitative estimate of drug-likeness (QED) is 0.239. The number of nitrogens with zero attached hydrogens (tertiary/aromatic N) is 3. The number of carbonyl (C=O) groups excluding carboxylic acids is 2. The summed E-state index contributed by atoms with van der Waals surface area (Å²) >= 11 is 0.860. The predicted octanol–water partition coefficient (Wildman–Crippen LogP) is 1.65. The maximum Gasteiger partial charge on any atom is 0.343 e. The first kappa shape index (κ1) is 27.9. The molecule has 4 rings (SSSR count). The third-order valence-corrected chi connectivity index (χ3v) is 7.02. The Morgan fingerprint density at radius 2 is 1.60 bits per heavy atom. The minimum atomic E-state index is -1.29. The first-order valence-electron chi connectivity index (χ1n) is 11.9. The average Bonchev–Trinajstić information content (AvgIpc) is 3.23. The Labute approximate surface area is 229 Å². The number of esters is 2. The second-order valence-electron chi connectivity index (χ2n) is 8.34. The Hall–Kier alpha value is -5.11. The Morgan fingerprint density at radius 1 is 1.00 bits per heavy atom. The van der Waals surface area contributed by atoms with Crippen LogP contribution in [0, 0.1) is 20.2 Å². The summed E-state index contributed by atoms with van der Waals surface area (Å²) in [6.45, 7) is 3.05. The van der Waals surface area contributed by atoms with E-state index >= 15 is 0 Å². The van der Waals surface area contributed by atoms with Crippen LogP contribution in [0.5, 0.6) is 0 Å². The molecule has 1 unspecified atom stereocenters. The number of fused-ring (bicyclic) bond motifs is 1. The van der Waals surface area contributed by atoms with Crippen molar-refractivity contribution < 1.29 is 28.9 Å². The maximum absolute atomic E-state index is 13.9. The van der Waals surface area contributed by atoms with Crippen molar-refractivity contribution in [2.45, 2.75) is 19.9 Å². The fraction of sp³-hybridized carbons (Fsp3) is 0.192. The van der Waals surface area contributed by atoms with Gasteiger partial charge in [0.1, 0.15) is 10.2 Å². The topological polar surface area (TPSA) is 187 Å². The molecule has 1 atom stereocenters. The number of hydrogen-bond acceptors (Lipinski definition) is 11. The van der Waals surface area contributed by atoms with Gasteiger partial charge in [0.15, 0.2) is 0 Å². The summed E-state index contributed by atoms with van der Waals surface area (Å²) in [5, 5.41) is 22.8. The van der Waals surface area contributed by atoms with Gasteiger partial charge in [-0.2, -0.15) is 0 Å². The van der Waals surface area contributed by atoms with Crippen molar-refractivity contribution in [1.82, 2.24) is 4.57 Å². The highest BCUT2D eigenvalue weighted by Crippen LogP contribution is 2.34. The van der Waals surface area contributed by atoms with Crippen LogP contribution in [0.4, 0.5) is 11.4 Å². The molecule has 40 heavy (non-hydrogen) atoms. The molecule has 0 aliphatic carbocycles. The number of benzene rings is 2. The van der Waals surface area contributed by atoms with Crippen LogP contribution in [0.2, 0.25) is 0 Å². The molecule has 3 aromatic rings. The van der Waals surface area contributed by atoms with Crippen molar-refractivity contribution in [3.8, 4) is 0 Å². The zero-order valence-corrected chi connectivity index (χ0v) is 22.0. The third kappa shape index (κ3) is 5.11. The number of aromatic nitrogens is 1. The van der Waals surface area contributed by atoms with Gasteiger partial charge in [0.25, 0.3) is 16.9 Å². The molecule has 13 nitrogen and oxygen atoms in total. The number of thiazole rings is 1. The van der Waals surface area contributed by atoms with E-state index in [0.29, 0.717) is 5.56 Å². The second kappa shape index (κ2) is 11.3. The van der Waals surface area contributed by atoms with Crippen molar-refractivity contribution in [2.24, 2.45) is 5.73 Å². The van der Waals surface area contributed by atoms with Crippen LogP contribution in [0.15, 0.2) is 64.6 Å². The average molecular weight is 567 g/mol. The Kier molecular flexibility index (Phi) is 7.90. The highest BCUT2D eigenvalue weighted by atomic mass is 32.1. The summed E-state index contributed by atoms with van der Waals surface area (Å²) in [6.07, 6.45) is 1.40. The van der Waals surface area contributed by atoms with Crippen LogP contribution in [-0.4, -0.2) is 39.6 Å². The summed E-state index contributed by atoms with van der Waals surface area (Å²) in [6, 6.07) is 9.61. The molecule has 0 saturated heterocycles. The van der Waals surface area contributed by atoms with E-state index in [1.54, 1.807) is 19.9 Å². The van der Waals surface area contributed by atoms with Crippen LogP contribution in [0.25, 0.3) is 11.6 Å². The van der Waals surface area contributed by atoms with Gasteiger partial charge in [0.2, 0.25) is 0 Å². The molecule has 2 heterocycles. The lowest BCUT2D eigenvalue weighted by molar-refractivity contribution is -0.385. The minimum absolute atomic E-state index is 0.0269. The van der Waals surface area contributed by atoms with Crippen LogP contribution in [0.3, 0.4) is 0 Å². The highest BCUT2D eigenvalue weighted by molar-refractivity contribution is 7.07. The highest BCUT2D eigenvalue weighted by Gasteiger charge is 2.38. The lowest BCUT2D eigenvalue weighted by Gasteiger charge is -2.27. The summed E-state index contributed by atoms with van der Waals surface area (Å²) < 4.78 is 11.6. The van der Waals surface area contributed by atoms with E-state index in [4.69, 9.17) is 15.2 Å². The number of rotatable bonds is 8. The molecule has 0 amide bonds. The molecule has 0 bridgehead atoms. The van der Waals surface area contributed by atoms with Gasteiger partial charge in [-0.3, -0.25) is 29.6 Å². The molecule has 14 heteroatoms. The van der Waals surface area contributed by atoms with Crippen LogP contribution in [-0.2, 0) is 19.1 Å². The first-order valence-corrected chi connectivity index (χ1v) is 12.7. The van der Waals surface area contributed by atoms with Crippen LogP contribution < -0.4 is 20.5 Å². The van der Waals surface area contributed by atoms with Gasteiger partial charge in [0, 0.05) is 24.3 Å². The van der Waals surface area contributed by atoms with E-state index in [1.165, 1.54) is 48.5 Å². The van der Waals surface area contributed by atoms with E-state index in [0.717, 1.165) is 15.9 Å². The lowest BCUT2D eigenvalue weighted by atomic mass is 9.91. The SMILES string of the molecule is CCOC(=O)C1=C(N)C(C(=O)OCC)=c2sc(=Cc3cccc([N+](=O)[O-])c3)c(=O)n2C1c1cccc([N+](=O)[O-])c1. The van der Waals surface area contributed by atoms with Crippen molar-refractivity contribution in [1.29, 1.82) is 0 Å². The molecule has 1 aromatic heterocycles. The van der Waals surface area contributed by atoms with Crippen LogP contribution in [0.1, 0.15) is 31.0 Å². The number of nitro benzene ring substituents is 2.